The van der Waals surface area contributed by atoms with Gasteiger partial charge in [-0.1, -0.05) is 11.6 Å². The first-order valence-electron chi connectivity index (χ1n) is 8.23. The number of nitrogens with zero attached hydrogens (tertiary/aromatic N) is 3. The molecule has 0 aliphatic carbocycles. The summed E-state index contributed by atoms with van der Waals surface area (Å²) < 4.78 is 12.7. The van der Waals surface area contributed by atoms with Crippen LogP contribution < -0.4 is 10.1 Å². The number of carbonyl (C=O) groups is 1. The van der Waals surface area contributed by atoms with E-state index in [4.69, 9.17) is 21.1 Å². The Hall–Kier alpha value is -2.64. The summed E-state index contributed by atoms with van der Waals surface area (Å²) in [5.74, 6) is 0.0130. The van der Waals surface area contributed by atoms with Gasteiger partial charge in [0.2, 0.25) is 5.88 Å². The molecule has 1 saturated heterocycles. The van der Waals surface area contributed by atoms with E-state index in [9.17, 15) is 4.79 Å². The zero-order valence-electron chi connectivity index (χ0n) is 14.1. The fourth-order valence-electron chi connectivity index (χ4n) is 2.82. The normalized spacial score (nSPS) is 16.8. The molecular weight excluding hydrogens is 356 g/mol. The molecule has 3 heterocycles. The monoisotopic (exact) mass is 372 g/mol. The third-order valence-electron chi connectivity index (χ3n) is 4.12. The lowest BCUT2D eigenvalue weighted by Crippen LogP contribution is -2.17. The Labute approximate surface area is 154 Å². The molecular formula is C18H17ClN4O3. The highest BCUT2D eigenvalue weighted by Crippen LogP contribution is 2.26. The van der Waals surface area contributed by atoms with Gasteiger partial charge in [-0.3, -0.25) is 9.48 Å². The molecule has 0 radical (unpaired) electrons. The van der Waals surface area contributed by atoms with Crippen molar-refractivity contribution in [1.82, 2.24) is 14.8 Å². The van der Waals surface area contributed by atoms with E-state index in [1.165, 1.54) is 6.20 Å². The quantitative estimate of drug-likeness (QED) is 0.761. The topological polar surface area (TPSA) is 78.3 Å². The van der Waals surface area contributed by atoms with Crippen molar-refractivity contribution in [3.63, 3.8) is 0 Å². The largest absolute Gasteiger partial charge is 0.471 e. The highest BCUT2D eigenvalue weighted by molar-refractivity contribution is 6.32. The van der Waals surface area contributed by atoms with Crippen LogP contribution in [0, 0.1) is 0 Å². The van der Waals surface area contributed by atoms with Gasteiger partial charge >= 0.3 is 0 Å². The van der Waals surface area contributed by atoms with Gasteiger partial charge in [-0.2, -0.15) is 5.10 Å². The zero-order chi connectivity index (χ0) is 18.1. The van der Waals surface area contributed by atoms with Crippen LogP contribution >= 0.6 is 11.6 Å². The van der Waals surface area contributed by atoms with E-state index in [0.717, 1.165) is 17.3 Å². The number of nitrogens with one attached hydrogen (secondary N) is 1. The lowest BCUT2D eigenvalue weighted by Gasteiger charge is -2.12. The summed E-state index contributed by atoms with van der Waals surface area (Å²) in [6.45, 7) is 1.19. The van der Waals surface area contributed by atoms with E-state index in [1.807, 2.05) is 31.4 Å². The van der Waals surface area contributed by atoms with E-state index < -0.39 is 0 Å². The lowest BCUT2D eigenvalue weighted by molar-refractivity contribution is 0.102. The first-order valence-corrected chi connectivity index (χ1v) is 8.61. The maximum absolute atomic E-state index is 12.5. The summed E-state index contributed by atoms with van der Waals surface area (Å²) in [5.41, 5.74) is 1.82. The standard InChI is InChI=1S/C18H17ClN4O3/c1-23-9-11-2-3-13(7-16(11)22-23)21-17(24)12-6-15(19)18(20-8-12)26-14-4-5-25-10-14/h2-3,6-9,14H,4-5,10H2,1H3,(H,21,24). The molecule has 4 rings (SSSR count). The van der Waals surface area contributed by atoms with Crippen molar-refractivity contribution in [3.05, 3.63) is 47.2 Å². The first kappa shape index (κ1) is 16.8. The van der Waals surface area contributed by atoms with Crippen LogP contribution in [0.3, 0.4) is 0 Å². The number of amides is 1. The maximum atomic E-state index is 12.5. The Balaban J connectivity index is 1.48. The van der Waals surface area contributed by atoms with Crippen LogP contribution in [0.4, 0.5) is 5.69 Å². The van der Waals surface area contributed by atoms with Crippen molar-refractivity contribution in [3.8, 4) is 5.88 Å². The van der Waals surface area contributed by atoms with Crippen LogP contribution in [0.2, 0.25) is 5.02 Å². The number of hydrogen-bond donors (Lipinski definition) is 1. The molecule has 1 aliphatic rings. The highest BCUT2D eigenvalue weighted by atomic mass is 35.5. The summed E-state index contributed by atoms with van der Waals surface area (Å²) in [4.78, 5) is 16.6. The molecule has 1 aromatic carbocycles. The molecule has 134 valence electrons. The van der Waals surface area contributed by atoms with Gasteiger partial charge in [-0.05, 0) is 24.3 Å². The molecule has 1 atom stereocenters. The van der Waals surface area contributed by atoms with Crippen LogP contribution in [0.25, 0.3) is 10.9 Å². The fraction of sp³-hybridized carbons (Fsp3) is 0.278. The van der Waals surface area contributed by atoms with Crippen LogP contribution in [0.1, 0.15) is 16.8 Å². The molecule has 1 unspecified atom stereocenters. The van der Waals surface area contributed by atoms with Crippen molar-refractivity contribution in [2.75, 3.05) is 18.5 Å². The third kappa shape index (κ3) is 3.49. The van der Waals surface area contributed by atoms with Crippen LogP contribution in [0.5, 0.6) is 5.88 Å². The number of halogens is 1. The van der Waals surface area contributed by atoms with Crippen molar-refractivity contribution >= 4 is 34.1 Å². The molecule has 7 nitrogen and oxygen atoms in total. The van der Waals surface area contributed by atoms with Gasteiger partial charge in [-0.25, -0.2) is 4.98 Å². The molecule has 1 fully saturated rings. The van der Waals surface area contributed by atoms with Gasteiger partial charge in [0.25, 0.3) is 5.91 Å². The Morgan fingerprint density at radius 1 is 1.42 bits per heavy atom. The summed E-state index contributed by atoms with van der Waals surface area (Å²) in [7, 11) is 1.85. The molecule has 8 heteroatoms. The van der Waals surface area contributed by atoms with E-state index in [-0.39, 0.29) is 12.0 Å². The molecule has 1 aliphatic heterocycles. The van der Waals surface area contributed by atoms with E-state index >= 15 is 0 Å². The predicted molar refractivity (Wildman–Crippen MR) is 97.8 cm³/mol. The number of fused-ring (bicyclic) bond motifs is 1. The number of carbonyl (C=O) groups excluding carboxylic acids is 1. The Bertz CT molecular complexity index is 966. The second-order valence-corrected chi connectivity index (χ2v) is 6.55. The lowest BCUT2D eigenvalue weighted by atomic mass is 10.2. The summed E-state index contributed by atoms with van der Waals surface area (Å²) in [6, 6.07) is 7.10. The second-order valence-electron chi connectivity index (χ2n) is 6.14. The number of aryl methyl sites for hydroxylation is 1. The maximum Gasteiger partial charge on any atom is 0.257 e. The van der Waals surface area contributed by atoms with Crippen molar-refractivity contribution < 1.29 is 14.3 Å². The Morgan fingerprint density at radius 3 is 3.08 bits per heavy atom. The number of rotatable bonds is 4. The summed E-state index contributed by atoms with van der Waals surface area (Å²) >= 11 is 6.21. The number of benzene rings is 1. The average molecular weight is 373 g/mol. The van der Waals surface area contributed by atoms with E-state index in [1.54, 1.807) is 10.7 Å². The first-order chi connectivity index (χ1) is 12.6. The van der Waals surface area contributed by atoms with Crippen LogP contribution in [-0.2, 0) is 11.8 Å². The van der Waals surface area contributed by atoms with Crippen molar-refractivity contribution in [1.29, 1.82) is 0 Å². The minimum atomic E-state index is -0.301. The van der Waals surface area contributed by atoms with Gasteiger partial charge in [0, 0.05) is 36.9 Å². The number of pyridine rings is 1. The second kappa shape index (κ2) is 6.93. The summed E-state index contributed by atoms with van der Waals surface area (Å²) in [5, 5.41) is 8.47. The molecule has 1 N–H and O–H groups in total. The number of hydrogen-bond acceptors (Lipinski definition) is 5. The molecule has 0 spiro atoms. The molecule has 1 amide bonds. The fourth-order valence-corrected chi connectivity index (χ4v) is 3.03. The predicted octanol–water partition coefficient (Wildman–Crippen LogP) is 3.04. The third-order valence-corrected chi connectivity index (χ3v) is 4.39. The molecule has 0 saturated carbocycles. The van der Waals surface area contributed by atoms with Gasteiger partial charge < -0.3 is 14.8 Å². The smallest absolute Gasteiger partial charge is 0.257 e. The molecule has 3 aromatic rings. The minimum absolute atomic E-state index is 0.0511. The summed E-state index contributed by atoms with van der Waals surface area (Å²) in [6.07, 6.45) is 4.12. The minimum Gasteiger partial charge on any atom is -0.471 e. The van der Waals surface area contributed by atoms with Crippen LogP contribution in [-0.4, -0.2) is 40.0 Å². The van der Waals surface area contributed by atoms with Crippen molar-refractivity contribution in [2.24, 2.45) is 7.05 Å². The Morgan fingerprint density at radius 2 is 2.31 bits per heavy atom. The molecule has 0 bridgehead atoms. The van der Waals surface area contributed by atoms with E-state index in [2.05, 4.69) is 15.4 Å². The molecule has 2 aromatic heterocycles. The molecule has 26 heavy (non-hydrogen) atoms. The van der Waals surface area contributed by atoms with Gasteiger partial charge in [0.1, 0.15) is 11.1 Å². The number of aromatic nitrogens is 3. The van der Waals surface area contributed by atoms with Gasteiger partial charge in [0.15, 0.2) is 0 Å². The van der Waals surface area contributed by atoms with Gasteiger partial charge in [-0.15, -0.1) is 0 Å². The SMILES string of the molecule is Cn1cc2ccc(NC(=O)c3cnc(OC4CCOC4)c(Cl)c3)cc2n1. The van der Waals surface area contributed by atoms with E-state index in [0.29, 0.717) is 35.4 Å². The highest BCUT2D eigenvalue weighted by Gasteiger charge is 2.20. The van der Waals surface area contributed by atoms with Crippen LogP contribution in [0.15, 0.2) is 36.7 Å². The Kier molecular flexibility index (Phi) is 4.48. The van der Waals surface area contributed by atoms with Gasteiger partial charge in [0.05, 0.1) is 24.3 Å². The number of ether oxygens (including phenoxy) is 2. The zero-order valence-corrected chi connectivity index (χ0v) is 14.9. The van der Waals surface area contributed by atoms with Crippen molar-refractivity contribution in [2.45, 2.75) is 12.5 Å². The average Bonchev–Trinajstić information content (AvgIpc) is 3.24. The number of anilines is 1.